The molecule has 158 valence electrons. The van der Waals surface area contributed by atoms with Crippen LogP contribution >= 0.6 is 0 Å². The summed E-state index contributed by atoms with van der Waals surface area (Å²) in [4.78, 5) is 40.3. The molecule has 3 heterocycles. The van der Waals surface area contributed by atoms with Gasteiger partial charge in [0.25, 0.3) is 0 Å². The van der Waals surface area contributed by atoms with Crippen LogP contribution in [0.3, 0.4) is 0 Å². The van der Waals surface area contributed by atoms with Gasteiger partial charge >= 0.3 is 6.03 Å². The van der Waals surface area contributed by atoms with Gasteiger partial charge < -0.3 is 15.0 Å². The molecular weight excluding hydrogens is 358 g/mol. The Morgan fingerprint density at radius 2 is 1.75 bits per heavy atom. The van der Waals surface area contributed by atoms with Gasteiger partial charge in [-0.15, -0.1) is 0 Å². The summed E-state index contributed by atoms with van der Waals surface area (Å²) in [6.07, 6.45) is 7.12. The molecule has 2 atom stereocenters. The van der Waals surface area contributed by atoms with E-state index < -0.39 is 0 Å². The first kappa shape index (κ1) is 21.1. The quantitative estimate of drug-likeness (QED) is 0.729. The first-order valence-electron chi connectivity index (χ1n) is 11.0. The Kier molecular flexibility index (Phi) is 7.32. The second-order valence-corrected chi connectivity index (χ2v) is 8.39. The van der Waals surface area contributed by atoms with Crippen LogP contribution in [0.4, 0.5) is 4.79 Å². The highest BCUT2D eigenvalue weighted by Gasteiger charge is 2.36. The lowest BCUT2D eigenvalue weighted by Gasteiger charge is -2.40. The maximum absolute atomic E-state index is 12.7. The Hall–Kier alpha value is -1.63. The fourth-order valence-corrected chi connectivity index (χ4v) is 4.87. The lowest BCUT2D eigenvalue weighted by atomic mass is 9.89. The summed E-state index contributed by atoms with van der Waals surface area (Å²) >= 11 is 0. The second kappa shape index (κ2) is 9.72. The van der Waals surface area contributed by atoms with Gasteiger partial charge in [-0.05, 0) is 38.0 Å². The molecule has 3 aliphatic heterocycles. The van der Waals surface area contributed by atoms with Crippen molar-refractivity contribution in [3.63, 3.8) is 0 Å². The molecule has 0 spiro atoms. The molecule has 3 rings (SSSR count). The lowest BCUT2D eigenvalue weighted by molar-refractivity contribution is -0.151. The number of hydrogen-bond acceptors (Lipinski definition) is 4. The van der Waals surface area contributed by atoms with Crippen LogP contribution in [0.5, 0.6) is 0 Å². The molecule has 0 saturated carbocycles. The molecule has 0 bridgehead atoms. The number of urea groups is 1. The molecule has 3 aliphatic rings. The number of piperidine rings is 2. The minimum Gasteiger partial charge on any atom is -0.378 e. The number of carbonyl (C=O) groups excluding carboxylic acids is 3. The highest BCUT2D eigenvalue weighted by atomic mass is 16.5. The van der Waals surface area contributed by atoms with Crippen molar-refractivity contribution in [3.05, 3.63) is 0 Å². The number of carbonyl (C=O) groups is 3. The molecule has 0 aromatic heterocycles. The molecule has 0 aromatic carbocycles. The van der Waals surface area contributed by atoms with Gasteiger partial charge in [0.2, 0.25) is 11.8 Å². The van der Waals surface area contributed by atoms with Crippen LogP contribution in [0.25, 0.3) is 0 Å². The van der Waals surface area contributed by atoms with E-state index in [1.54, 1.807) is 0 Å². The molecule has 1 N–H and O–H groups in total. The van der Waals surface area contributed by atoms with Crippen molar-refractivity contribution in [1.29, 1.82) is 0 Å². The minimum atomic E-state index is -0.0494. The van der Waals surface area contributed by atoms with Crippen molar-refractivity contribution in [2.75, 3.05) is 19.7 Å². The van der Waals surface area contributed by atoms with Gasteiger partial charge in [-0.3, -0.25) is 14.5 Å². The van der Waals surface area contributed by atoms with Crippen molar-refractivity contribution in [2.45, 2.75) is 89.8 Å². The molecule has 7 heteroatoms. The minimum absolute atomic E-state index is 0.0232. The van der Waals surface area contributed by atoms with Gasteiger partial charge in [0.05, 0.1) is 6.10 Å². The Morgan fingerprint density at radius 3 is 2.36 bits per heavy atom. The number of nitrogens with zero attached hydrogens (tertiary/aromatic N) is 2. The monoisotopic (exact) mass is 393 g/mol. The molecule has 28 heavy (non-hydrogen) atoms. The van der Waals surface area contributed by atoms with Gasteiger partial charge in [0, 0.05) is 44.6 Å². The van der Waals surface area contributed by atoms with Crippen molar-refractivity contribution >= 4 is 17.8 Å². The number of likely N-dealkylation sites (tertiary alicyclic amines) is 2. The van der Waals surface area contributed by atoms with Crippen molar-refractivity contribution in [2.24, 2.45) is 5.92 Å². The standard InChI is InChI=1S/C21H35N3O4/c1-3-15(4-2)18-14-16(10-13-28-18)22-21(27)23-11-8-17(9-12-23)24-19(25)6-5-7-20(24)26/h15-18H,3-14H2,1-2H3,(H,22,27). The van der Waals surface area contributed by atoms with E-state index in [0.29, 0.717) is 57.7 Å². The van der Waals surface area contributed by atoms with E-state index in [1.165, 1.54) is 4.90 Å². The predicted molar refractivity (Wildman–Crippen MR) is 106 cm³/mol. The van der Waals surface area contributed by atoms with E-state index in [2.05, 4.69) is 19.2 Å². The van der Waals surface area contributed by atoms with Gasteiger partial charge in [-0.1, -0.05) is 26.7 Å². The fourth-order valence-electron chi connectivity index (χ4n) is 4.87. The number of imide groups is 1. The summed E-state index contributed by atoms with van der Waals surface area (Å²) in [5.41, 5.74) is 0. The Morgan fingerprint density at radius 1 is 1.11 bits per heavy atom. The van der Waals surface area contributed by atoms with E-state index in [-0.39, 0.29) is 36.0 Å². The number of rotatable bonds is 5. The van der Waals surface area contributed by atoms with Crippen LogP contribution in [-0.2, 0) is 14.3 Å². The third-order valence-corrected chi connectivity index (χ3v) is 6.65. The van der Waals surface area contributed by atoms with E-state index >= 15 is 0 Å². The zero-order valence-corrected chi connectivity index (χ0v) is 17.3. The molecule has 3 saturated heterocycles. The van der Waals surface area contributed by atoms with E-state index in [0.717, 1.165) is 25.7 Å². The highest BCUT2D eigenvalue weighted by Crippen LogP contribution is 2.26. The Labute approximate surface area is 168 Å². The van der Waals surface area contributed by atoms with Crippen molar-refractivity contribution in [1.82, 2.24) is 15.1 Å². The second-order valence-electron chi connectivity index (χ2n) is 8.39. The van der Waals surface area contributed by atoms with Crippen molar-refractivity contribution in [3.8, 4) is 0 Å². The summed E-state index contributed by atoms with van der Waals surface area (Å²) in [6.45, 7) is 6.27. The average molecular weight is 394 g/mol. The van der Waals surface area contributed by atoms with Crippen molar-refractivity contribution < 1.29 is 19.1 Å². The van der Waals surface area contributed by atoms with Gasteiger partial charge in [-0.25, -0.2) is 4.79 Å². The molecular formula is C21H35N3O4. The van der Waals surface area contributed by atoms with Crippen LogP contribution in [0.15, 0.2) is 0 Å². The Balaban J connectivity index is 1.47. The van der Waals surface area contributed by atoms with E-state index in [9.17, 15) is 14.4 Å². The SMILES string of the molecule is CCC(CC)C1CC(NC(=O)N2CCC(N3C(=O)CCCC3=O)CC2)CCO1. The number of amides is 4. The molecule has 0 aromatic rings. The number of hydrogen-bond donors (Lipinski definition) is 1. The zero-order valence-electron chi connectivity index (χ0n) is 17.3. The summed E-state index contributed by atoms with van der Waals surface area (Å²) < 4.78 is 5.95. The molecule has 2 unspecified atom stereocenters. The molecule has 3 fully saturated rings. The summed E-state index contributed by atoms with van der Waals surface area (Å²) in [5.74, 6) is 0.456. The first-order valence-corrected chi connectivity index (χ1v) is 11.0. The number of ether oxygens (including phenoxy) is 1. The largest absolute Gasteiger partial charge is 0.378 e. The maximum Gasteiger partial charge on any atom is 0.317 e. The fraction of sp³-hybridized carbons (Fsp3) is 0.857. The smallest absolute Gasteiger partial charge is 0.317 e. The third-order valence-electron chi connectivity index (χ3n) is 6.65. The zero-order chi connectivity index (χ0) is 20.1. The predicted octanol–water partition coefficient (Wildman–Crippen LogP) is 2.68. The average Bonchev–Trinajstić information content (AvgIpc) is 2.69. The Bertz CT molecular complexity index is 554. The third kappa shape index (κ3) is 4.85. The topological polar surface area (TPSA) is 79.0 Å². The summed E-state index contributed by atoms with van der Waals surface area (Å²) in [6, 6.07) is 0.0893. The van der Waals surface area contributed by atoms with Gasteiger partial charge in [0.15, 0.2) is 0 Å². The molecule has 4 amide bonds. The number of nitrogens with one attached hydrogen (secondary N) is 1. The lowest BCUT2D eigenvalue weighted by Crippen LogP contribution is -2.55. The molecule has 0 radical (unpaired) electrons. The van der Waals surface area contributed by atoms with Crippen LogP contribution in [0, 0.1) is 5.92 Å². The highest BCUT2D eigenvalue weighted by molar-refractivity contribution is 5.97. The van der Waals surface area contributed by atoms with Gasteiger partial charge in [-0.2, -0.15) is 0 Å². The molecule has 0 aliphatic carbocycles. The van der Waals surface area contributed by atoms with Gasteiger partial charge in [0.1, 0.15) is 0 Å². The van der Waals surface area contributed by atoms with E-state index in [1.807, 2.05) is 4.90 Å². The summed E-state index contributed by atoms with van der Waals surface area (Å²) in [5, 5.41) is 3.19. The molecule has 7 nitrogen and oxygen atoms in total. The summed E-state index contributed by atoms with van der Waals surface area (Å²) in [7, 11) is 0. The van der Waals surface area contributed by atoms with E-state index in [4.69, 9.17) is 4.74 Å². The van der Waals surface area contributed by atoms with Crippen LogP contribution in [0.1, 0.15) is 71.6 Å². The normalized spacial score (nSPS) is 27.4. The van der Waals surface area contributed by atoms with Crippen LogP contribution < -0.4 is 5.32 Å². The van der Waals surface area contributed by atoms with Crippen LogP contribution in [0.2, 0.25) is 0 Å². The van der Waals surface area contributed by atoms with Crippen LogP contribution in [-0.4, -0.2) is 65.5 Å². The maximum atomic E-state index is 12.7. The first-order chi connectivity index (χ1) is 13.5.